The molecular weight excluding hydrogens is 757 g/mol. The van der Waals surface area contributed by atoms with Crippen molar-refractivity contribution in [3.05, 3.63) is 218 Å². The Labute approximate surface area is 357 Å². The van der Waals surface area contributed by atoms with Crippen molar-refractivity contribution in [2.45, 2.75) is 0 Å². The van der Waals surface area contributed by atoms with Crippen LogP contribution in [0.3, 0.4) is 0 Å². The summed E-state index contributed by atoms with van der Waals surface area (Å²) in [6.45, 7) is 0. The van der Waals surface area contributed by atoms with Gasteiger partial charge >= 0.3 is 0 Å². The lowest BCUT2D eigenvalue weighted by Crippen LogP contribution is -1.95. The third-order valence-electron chi connectivity index (χ3n) is 12.1. The number of aromatic nitrogens is 2. The van der Waals surface area contributed by atoms with Crippen LogP contribution in [0.25, 0.3) is 120 Å². The minimum Gasteiger partial charge on any atom is -0.228 e. The molecule has 0 aliphatic carbocycles. The maximum Gasteiger partial charge on any atom is 0.160 e. The van der Waals surface area contributed by atoms with Crippen molar-refractivity contribution in [3.63, 3.8) is 0 Å². The van der Waals surface area contributed by atoms with E-state index in [1.165, 1.54) is 80.3 Å². The van der Waals surface area contributed by atoms with Crippen molar-refractivity contribution in [3.8, 4) is 67.3 Å². The normalized spacial score (nSPS) is 11.6. The maximum atomic E-state index is 5.11. The maximum absolute atomic E-state index is 5.11. The largest absolute Gasteiger partial charge is 0.228 e. The Kier molecular flexibility index (Phi) is 8.39. The fourth-order valence-corrected chi connectivity index (χ4v) is 10.1. The van der Waals surface area contributed by atoms with E-state index in [-0.39, 0.29) is 0 Å². The minimum absolute atomic E-state index is 0.719. The van der Waals surface area contributed by atoms with E-state index in [4.69, 9.17) is 9.97 Å². The van der Waals surface area contributed by atoms with Gasteiger partial charge in [-0.05, 0) is 90.0 Å². The van der Waals surface area contributed by atoms with Crippen molar-refractivity contribution >= 4 is 63.8 Å². The van der Waals surface area contributed by atoms with Gasteiger partial charge in [-0.3, -0.25) is 0 Å². The Bertz CT molecular complexity index is 3610. The summed E-state index contributed by atoms with van der Waals surface area (Å²) in [4.78, 5) is 10.2. The molecule has 2 heterocycles. The lowest BCUT2D eigenvalue weighted by molar-refractivity contribution is 1.18. The zero-order valence-corrected chi connectivity index (χ0v) is 33.9. The standard InChI is InChI=1S/C58H36N2S/c1-2-11-44(12-3-1)58-59-53(36-54(60-58)46-31-32-50-49-16-8-9-17-55(49)61-56(50)35-46)42-26-22-39(23-27-42)37-18-20-38(21-19-37)40-24-28-43(29-25-40)57-48-15-7-5-13-45(48)34-52-47-14-6-4-10-41(47)30-33-51(52)57/h1-36H. The van der Waals surface area contributed by atoms with Gasteiger partial charge < -0.3 is 0 Å². The third kappa shape index (κ3) is 6.26. The molecule has 0 aliphatic heterocycles. The summed E-state index contributed by atoms with van der Waals surface area (Å²) in [5, 5.41) is 10.2. The zero-order chi connectivity index (χ0) is 40.3. The van der Waals surface area contributed by atoms with Gasteiger partial charge in [0.2, 0.25) is 0 Å². The predicted molar refractivity (Wildman–Crippen MR) is 260 cm³/mol. The van der Waals surface area contributed by atoms with E-state index in [0.717, 1.165) is 39.5 Å². The zero-order valence-electron chi connectivity index (χ0n) is 33.1. The van der Waals surface area contributed by atoms with Crippen molar-refractivity contribution in [1.29, 1.82) is 0 Å². The molecule has 0 fully saturated rings. The lowest BCUT2D eigenvalue weighted by atomic mass is 9.89. The summed E-state index contributed by atoms with van der Waals surface area (Å²) in [7, 11) is 0. The summed E-state index contributed by atoms with van der Waals surface area (Å²) in [5.74, 6) is 0.719. The van der Waals surface area contributed by atoms with E-state index in [0.29, 0.717) is 0 Å². The van der Waals surface area contributed by atoms with Gasteiger partial charge in [0.25, 0.3) is 0 Å². The second-order valence-electron chi connectivity index (χ2n) is 15.7. The Morgan fingerprint density at radius 1 is 0.262 bits per heavy atom. The van der Waals surface area contributed by atoms with Gasteiger partial charge in [0, 0.05) is 36.9 Å². The fraction of sp³-hybridized carbons (Fsp3) is 0. The average Bonchev–Trinajstić information content (AvgIpc) is 3.72. The Hall–Kier alpha value is -7.72. The second kappa shape index (κ2) is 14.5. The fourth-order valence-electron chi connectivity index (χ4n) is 8.99. The van der Waals surface area contributed by atoms with Gasteiger partial charge in [-0.2, -0.15) is 0 Å². The van der Waals surface area contributed by atoms with Crippen LogP contribution in [-0.2, 0) is 0 Å². The molecule has 0 saturated carbocycles. The summed E-state index contributed by atoms with van der Waals surface area (Å²) in [6.07, 6.45) is 0. The van der Waals surface area contributed by atoms with Gasteiger partial charge in [0.05, 0.1) is 11.4 Å². The van der Waals surface area contributed by atoms with Crippen molar-refractivity contribution in [2.75, 3.05) is 0 Å². The van der Waals surface area contributed by atoms with Crippen molar-refractivity contribution in [1.82, 2.24) is 9.97 Å². The summed E-state index contributed by atoms with van der Waals surface area (Å²) < 4.78 is 2.56. The van der Waals surface area contributed by atoms with E-state index < -0.39 is 0 Å². The molecule has 0 saturated heterocycles. The average molecular weight is 793 g/mol. The van der Waals surface area contributed by atoms with Gasteiger partial charge in [-0.15, -0.1) is 11.3 Å². The molecule has 2 nitrogen and oxygen atoms in total. The summed E-state index contributed by atoms with van der Waals surface area (Å²) in [5.41, 5.74) is 12.2. The molecule has 2 aromatic heterocycles. The molecule has 12 aromatic rings. The van der Waals surface area contributed by atoms with Crippen LogP contribution in [0.2, 0.25) is 0 Å². The van der Waals surface area contributed by atoms with Crippen LogP contribution in [0.5, 0.6) is 0 Å². The highest BCUT2D eigenvalue weighted by atomic mass is 32.1. The van der Waals surface area contributed by atoms with E-state index in [1.54, 1.807) is 0 Å². The first kappa shape index (κ1) is 35.2. The van der Waals surface area contributed by atoms with E-state index >= 15 is 0 Å². The molecule has 3 heteroatoms. The van der Waals surface area contributed by atoms with Crippen LogP contribution in [0.1, 0.15) is 0 Å². The molecule has 12 rings (SSSR count). The highest BCUT2D eigenvalue weighted by molar-refractivity contribution is 7.25. The molecule has 0 amide bonds. The number of nitrogens with zero attached hydrogens (tertiary/aromatic N) is 2. The number of hydrogen-bond acceptors (Lipinski definition) is 3. The summed E-state index contributed by atoms with van der Waals surface area (Å²) in [6, 6.07) is 78.8. The first-order valence-corrected chi connectivity index (χ1v) is 21.5. The van der Waals surface area contributed by atoms with Crippen LogP contribution in [0.15, 0.2) is 218 Å². The molecule has 0 unspecified atom stereocenters. The predicted octanol–water partition coefficient (Wildman–Crippen LogP) is 16.3. The molecule has 0 atom stereocenters. The van der Waals surface area contributed by atoms with E-state index in [9.17, 15) is 0 Å². The van der Waals surface area contributed by atoms with Crippen LogP contribution in [-0.4, -0.2) is 9.97 Å². The van der Waals surface area contributed by atoms with Crippen molar-refractivity contribution in [2.24, 2.45) is 0 Å². The topological polar surface area (TPSA) is 25.8 Å². The Balaban J connectivity index is 0.846. The highest BCUT2D eigenvalue weighted by Gasteiger charge is 2.15. The quantitative estimate of drug-likeness (QED) is 0.124. The highest BCUT2D eigenvalue weighted by Crippen LogP contribution is 2.41. The molecule has 0 bridgehead atoms. The number of thiophene rings is 1. The van der Waals surface area contributed by atoms with E-state index in [1.807, 2.05) is 29.5 Å². The SMILES string of the molecule is c1ccc(-c2nc(-c3ccc(-c4ccc(-c5ccc(-c6c7ccccc7cc7c6ccc6ccccc67)cc5)cc4)cc3)cc(-c3ccc4c(c3)sc3ccccc34)n2)cc1. The van der Waals surface area contributed by atoms with Crippen LogP contribution < -0.4 is 0 Å². The first-order chi connectivity index (χ1) is 30.2. The second-order valence-corrected chi connectivity index (χ2v) is 16.8. The molecule has 0 N–H and O–H groups in total. The molecular formula is C58H36N2S. The van der Waals surface area contributed by atoms with Gasteiger partial charge in [-0.25, -0.2) is 9.97 Å². The number of fused-ring (bicyclic) bond motifs is 7. The van der Waals surface area contributed by atoms with Crippen LogP contribution >= 0.6 is 11.3 Å². The smallest absolute Gasteiger partial charge is 0.160 e. The Morgan fingerprint density at radius 2 is 0.770 bits per heavy atom. The number of hydrogen-bond donors (Lipinski definition) is 0. The lowest BCUT2D eigenvalue weighted by Gasteiger charge is -2.14. The van der Waals surface area contributed by atoms with Crippen molar-refractivity contribution < 1.29 is 0 Å². The molecule has 0 radical (unpaired) electrons. The number of benzene rings is 10. The van der Waals surface area contributed by atoms with Gasteiger partial charge in [-0.1, -0.05) is 194 Å². The molecule has 284 valence electrons. The summed E-state index contributed by atoms with van der Waals surface area (Å²) >= 11 is 1.83. The Morgan fingerprint density at radius 3 is 1.48 bits per heavy atom. The molecule has 61 heavy (non-hydrogen) atoms. The first-order valence-electron chi connectivity index (χ1n) is 20.7. The van der Waals surface area contributed by atoms with Crippen LogP contribution in [0.4, 0.5) is 0 Å². The van der Waals surface area contributed by atoms with E-state index in [2.05, 4.69) is 200 Å². The monoisotopic (exact) mass is 792 g/mol. The number of rotatable bonds is 6. The van der Waals surface area contributed by atoms with Gasteiger partial charge in [0.15, 0.2) is 5.82 Å². The van der Waals surface area contributed by atoms with Crippen LogP contribution in [0, 0.1) is 0 Å². The third-order valence-corrected chi connectivity index (χ3v) is 13.2. The molecule has 10 aromatic carbocycles. The molecule has 0 aliphatic rings. The molecule has 0 spiro atoms. The minimum atomic E-state index is 0.719. The van der Waals surface area contributed by atoms with Gasteiger partial charge in [0.1, 0.15) is 0 Å².